The van der Waals surface area contributed by atoms with E-state index < -0.39 is 17.9 Å². The number of methoxy groups -OCH3 is 1. The third-order valence-electron chi connectivity index (χ3n) is 6.05. The zero-order valence-corrected chi connectivity index (χ0v) is 20.8. The van der Waals surface area contributed by atoms with Crippen molar-refractivity contribution in [3.05, 3.63) is 63.2 Å². The van der Waals surface area contributed by atoms with Gasteiger partial charge in [0.2, 0.25) is 6.79 Å². The van der Waals surface area contributed by atoms with E-state index in [1.807, 2.05) is 6.08 Å². The lowest BCUT2D eigenvalue weighted by atomic mass is 9.91. The normalized spacial score (nSPS) is 17.1. The van der Waals surface area contributed by atoms with Crippen LogP contribution in [0, 0.1) is 0 Å². The molecule has 1 heterocycles. The van der Waals surface area contributed by atoms with Gasteiger partial charge < -0.3 is 30.0 Å². The van der Waals surface area contributed by atoms with E-state index in [2.05, 4.69) is 10.6 Å². The standard InChI is InChI=1S/C25H24Cl2N2O7/c1-34-18-9-10-19-22(36-12-35-19)21(18)24(31)28-14-7-5-13(6-8-14)11-17(25(32)33)29-23(30)20-15(26)3-2-4-16(20)27/h2-5,9-10,14,17H,6-8,11-12H2,1H3,(H,28,31)(H,29,30)(H,32,33). The fourth-order valence-corrected chi connectivity index (χ4v) is 4.78. The van der Waals surface area contributed by atoms with E-state index in [-0.39, 0.29) is 46.3 Å². The molecule has 9 nitrogen and oxygen atoms in total. The molecule has 2 unspecified atom stereocenters. The van der Waals surface area contributed by atoms with Crippen LogP contribution in [-0.2, 0) is 4.79 Å². The second kappa shape index (κ2) is 11.1. The molecular weight excluding hydrogens is 511 g/mol. The molecule has 2 aromatic rings. The summed E-state index contributed by atoms with van der Waals surface area (Å²) in [5.41, 5.74) is 1.17. The lowest BCUT2D eigenvalue weighted by Crippen LogP contribution is -2.42. The number of halogens is 2. The first-order valence-corrected chi connectivity index (χ1v) is 12.0. The first-order chi connectivity index (χ1) is 17.3. The molecule has 190 valence electrons. The molecule has 36 heavy (non-hydrogen) atoms. The fourth-order valence-electron chi connectivity index (χ4n) is 4.21. The zero-order chi connectivity index (χ0) is 25.8. The maximum Gasteiger partial charge on any atom is 0.326 e. The Bertz CT molecular complexity index is 1210. The summed E-state index contributed by atoms with van der Waals surface area (Å²) in [7, 11) is 1.47. The Labute approximate surface area is 217 Å². The van der Waals surface area contributed by atoms with Gasteiger partial charge in [0, 0.05) is 6.04 Å². The molecular formula is C25H24Cl2N2O7. The molecule has 2 aliphatic rings. The lowest BCUT2D eigenvalue weighted by Gasteiger charge is -2.25. The van der Waals surface area contributed by atoms with Crippen molar-refractivity contribution in [2.45, 2.75) is 37.8 Å². The lowest BCUT2D eigenvalue weighted by molar-refractivity contribution is -0.139. The molecule has 0 fully saturated rings. The quantitative estimate of drug-likeness (QED) is 0.433. The van der Waals surface area contributed by atoms with Crippen molar-refractivity contribution in [3.8, 4) is 17.2 Å². The number of ether oxygens (including phenoxy) is 3. The Balaban J connectivity index is 1.39. The molecule has 3 N–H and O–H groups in total. The highest BCUT2D eigenvalue weighted by atomic mass is 35.5. The predicted octanol–water partition coefficient (Wildman–Crippen LogP) is 4.21. The molecule has 2 amide bonds. The van der Waals surface area contributed by atoms with Crippen molar-refractivity contribution in [1.29, 1.82) is 0 Å². The minimum absolute atomic E-state index is 0.0300. The Morgan fingerprint density at radius 1 is 1.11 bits per heavy atom. The van der Waals surface area contributed by atoms with Gasteiger partial charge in [0.05, 0.1) is 22.7 Å². The minimum atomic E-state index is -1.17. The van der Waals surface area contributed by atoms with E-state index in [0.29, 0.717) is 36.5 Å². The van der Waals surface area contributed by atoms with Crippen molar-refractivity contribution in [2.24, 2.45) is 0 Å². The maximum atomic E-state index is 13.0. The number of rotatable bonds is 8. The first kappa shape index (κ1) is 25.7. The number of carboxylic acids is 1. The Morgan fingerprint density at radius 3 is 2.50 bits per heavy atom. The highest BCUT2D eigenvalue weighted by molar-refractivity contribution is 6.39. The summed E-state index contributed by atoms with van der Waals surface area (Å²) < 4.78 is 16.1. The zero-order valence-electron chi connectivity index (χ0n) is 19.3. The van der Waals surface area contributed by atoms with Gasteiger partial charge in [-0.1, -0.05) is 40.9 Å². The number of aliphatic carboxylic acids is 1. The number of amides is 2. The molecule has 4 rings (SSSR count). The number of carbonyl (C=O) groups excluding carboxylic acids is 2. The van der Waals surface area contributed by atoms with E-state index in [1.54, 1.807) is 18.2 Å². The van der Waals surface area contributed by atoms with Crippen LogP contribution in [0.5, 0.6) is 17.2 Å². The summed E-state index contributed by atoms with van der Waals surface area (Å²) >= 11 is 12.1. The molecule has 0 saturated heterocycles. The van der Waals surface area contributed by atoms with Gasteiger partial charge in [0.15, 0.2) is 11.5 Å². The van der Waals surface area contributed by atoms with Crippen LogP contribution >= 0.6 is 23.2 Å². The minimum Gasteiger partial charge on any atom is -0.496 e. The van der Waals surface area contributed by atoms with Crippen LogP contribution in [0.25, 0.3) is 0 Å². The average Bonchev–Trinajstić information content (AvgIpc) is 3.32. The van der Waals surface area contributed by atoms with Gasteiger partial charge in [0.25, 0.3) is 11.8 Å². The third kappa shape index (κ3) is 5.52. The van der Waals surface area contributed by atoms with Gasteiger partial charge in [-0.15, -0.1) is 0 Å². The Kier molecular flexibility index (Phi) is 7.91. The molecule has 1 aliphatic carbocycles. The highest BCUT2D eigenvalue weighted by Gasteiger charge is 2.29. The third-order valence-corrected chi connectivity index (χ3v) is 6.68. The molecule has 0 bridgehead atoms. The summed E-state index contributed by atoms with van der Waals surface area (Å²) in [5.74, 6) is -0.972. The predicted molar refractivity (Wildman–Crippen MR) is 132 cm³/mol. The van der Waals surface area contributed by atoms with E-state index in [1.165, 1.54) is 19.2 Å². The van der Waals surface area contributed by atoms with Crippen molar-refractivity contribution in [3.63, 3.8) is 0 Å². The van der Waals surface area contributed by atoms with E-state index in [9.17, 15) is 19.5 Å². The average molecular weight is 535 g/mol. The summed E-state index contributed by atoms with van der Waals surface area (Å²) in [5, 5.41) is 15.4. The van der Waals surface area contributed by atoms with Crippen LogP contribution in [-0.4, -0.2) is 48.9 Å². The second-order valence-electron chi connectivity index (χ2n) is 8.35. The van der Waals surface area contributed by atoms with Crippen molar-refractivity contribution in [2.75, 3.05) is 13.9 Å². The van der Waals surface area contributed by atoms with Gasteiger partial charge in [-0.2, -0.15) is 0 Å². The van der Waals surface area contributed by atoms with Crippen molar-refractivity contribution >= 4 is 41.0 Å². The van der Waals surface area contributed by atoms with Crippen LogP contribution in [0.2, 0.25) is 10.0 Å². The highest BCUT2D eigenvalue weighted by Crippen LogP contribution is 2.40. The number of benzene rings is 2. The molecule has 0 saturated carbocycles. The van der Waals surface area contributed by atoms with Crippen LogP contribution < -0.4 is 24.8 Å². The van der Waals surface area contributed by atoms with Crippen LogP contribution in [0.4, 0.5) is 0 Å². The van der Waals surface area contributed by atoms with Gasteiger partial charge >= 0.3 is 5.97 Å². The van der Waals surface area contributed by atoms with Gasteiger partial charge in [-0.25, -0.2) is 4.79 Å². The monoisotopic (exact) mass is 534 g/mol. The van der Waals surface area contributed by atoms with E-state index in [4.69, 9.17) is 37.4 Å². The van der Waals surface area contributed by atoms with E-state index >= 15 is 0 Å². The number of fused-ring (bicyclic) bond motifs is 1. The fraction of sp³-hybridized carbons (Fsp3) is 0.320. The second-order valence-corrected chi connectivity index (χ2v) is 9.16. The number of carboxylic acid groups (broad SMARTS) is 1. The molecule has 0 spiro atoms. The summed E-state index contributed by atoms with van der Waals surface area (Å²) in [6.07, 6.45) is 3.68. The largest absolute Gasteiger partial charge is 0.496 e. The SMILES string of the molecule is COc1ccc2c(c1C(=O)NC1CC=C(CC(NC(=O)c3c(Cl)cccc3Cl)C(=O)O)CC1)OCO2. The molecule has 2 atom stereocenters. The molecule has 11 heteroatoms. The van der Waals surface area contributed by atoms with Crippen LogP contribution in [0.1, 0.15) is 46.4 Å². The van der Waals surface area contributed by atoms with Crippen molar-refractivity contribution < 1.29 is 33.7 Å². The first-order valence-electron chi connectivity index (χ1n) is 11.2. The molecule has 1 aliphatic heterocycles. The van der Waals surface area contributed by atoms with E-state index in [0.717, 1.165) is 5.57 Å². The Morgan fingerprint density at radius 2 is 1.86 bits per heavy atom. The van der Waals surface area contributed by atoms with Gasteiger partial charge in [0.1, 0.15) is 17.4 Å². The number of nitrogens with one attached hydrogen (secondary N) is 2. The maximum absolute atomic E-state index is 13.0. The smallest absolute Gasteiger partial charge is 0.326 e. The number of carbonyl (C=O) groups is 3. The molecule has 2 aromatic carbocycles. The van der Waals surface area contributed by atoms with Gasteiger partial charge in [-0.05, 0) is 49.9 Å². The Hall–Kier alpha value is -3.43. The summed E-state index contributed by atoms with van der Waals surface area (Å²) in [6.45, 7) is 0.0300. The summed E-state index contributed by atoms with van der Waals surface area (Å²) in [6, 6.07) is 6.63. The van der Waals surface area contributed by atoms with Crippen LogP contribution in [0.3, 0.4) is 0 Å². The summed E-state index contributed by atoms with van der Waals surface area (Å²) in [4.78, 5) is 37.5. The molecule has 0 aromatic heterocycles. The van der Waals surface area contributed by atoms with Gasteiger partial charge in [-0.3, -0.25) is 9.59 Å². The molecule has 0 radical (unpaired) electrons. The van der Waals surface area contributed by atoms with Crippen molar-refractivity contribution in [1.82, 2.24) is 10.6 Å². The number of hydrogen-bond acceptors (Lipinski definition) is 6. The topological polar surface area (TPSA) is 123 Å². The van der Waals surface area contributed by atoms with Crippen LogP contribution in [0.15, 0.2) is 42.0 Å². The number of hydrogen-bond donors (Lipinski definition) is 3.